The van der Waals surface area contributed by atoms with E-state index in [2.05, 4.69) is 21.4 Å². The van der Waals surface area contributed by atoms with Crippen LogP contribution in [0.25, 0.3) is 0 Å². The van der Waals surface area contributed by atoms with Crippen LogP contribution in [0.4, 0.5) is 11.5 Å². The fourth-order valence-electron chi connectivity index (χ4n) is 3.09. The van der Waals surface area contributed by atoms with E-state index in [-0.39, 0.29) is 17.4 Å². The van der Waals surface area contributed by atoms with E-state index >= 15 is 0 Å². The second-order valence-corrected chi connectivity index (χ2v) is 6.77. The zero-order valence-corrected chi connectivity index (χ0v) is 15.7. The van der Waals surface area contributed by atoms with Crippen molar-refractivity contribution in [2.45, 2.75) is 46.0 Å². The van der Waals surface area contributed by atoms with Crippen LogP contribution < -0.4 is 10.1 Å². The molecule has 0 amide bonds. The SMILES string of the molecule is Cc1ccc(Oc2ncnc(NCCC3=CCCCC3)c2[N+](=O)[O-])cc1C. The van der Waals surface area contributed by atoms with Gasteiger partial charge in [-0.15, -0.1) is 0 Å². The van der Waals surface area contributed by atoms with Crippen LogP contribution in [-0.4, -0.2) is 21.4 Å². The van der Waals surface area contributed by atoms with Gasteiger partial charge in [-0.25, -0.2) is 4.98 Å². The highest BCUT2D eigenvalue weighted by Crippen LogP contribution is 2.34. The lowest BCUT2D eigenvalue weighted by Crippen LogP contribution is -2.09. The van der Waals surface area contributed by atoms with Crippen LogP contribution >= 0.6 is 0 Å². The van der Waals surface area contributed by atoms with E-state index in [4.69, 9.17) is 4.74 Å². The molecule has 1 aliphatic carbocycles. The molecule has 0 saturated heterocycles. The maximum Gasteiger partial charge on any atom is 0.373 e. The lowest BCUT2D eigenvalue weighted by atomic mass is 9.97. The van der Waals surface area contributed by atoms with Crippen LogP contribution in [0.15, 0.2) is 36.2 Å². The van der Waals surface area contributed by atoms with Gasteiger partial charge in [0.25, 0.3) is 0 Å². The topological polar surface area (TPSA) is 90.2 Å². The molecule has 2 aromatic rings. The molecule has 142 valence electrons. The molecule has 0 saturated carbocycles. The smallest absolute Gasteiger partial charge is 0.373 e. The lowest BCUT2D eigenvalue weighted by Gasteiger charge is -2.13. The van der Waals surface area contributed by atoms with E-state index in [1.165, 1.54) is 24.7 Å². The number of nitro groups is 1. The molecule has 27 heavy (non-hydrogen) atoms. The van der Waals surface area contributed by atoms with Gasteiger partial charge >= 0.3 is 11.6 Å². The maximum atomic E-state index is 11.6. The summed E-state index contributed by atoms with van der Waals surface area (Å²) in [5.41, 5.74) is 3.33. The summed E-state index contributed by atoms with van der Waals surface area (Å²) in [6.07, 6.45) is 9.10. The fourth-order valence-corrected chi connectivity index (χ4v) is 3.09. The zero-order chi connectivity index (χ0) is 19.2. The normalized spacial score (nSPS) is 13.8. The maximum absolute atomic E-state index is 11.6. The molecule has 7 heteroatoms. The number of nitrogens with zero attached hydrogens (tertiary/aromatic N) is 3. The van der Waals surface area contributed by atoms with E-state index < -0.39 is 4.92 Å². The monoisotopic (exact) mass is 368 g/mol. The van der Waals surface area contributed by atoms with Gasteiger partial charge in [-0.3, -0.25) is 10.1 Å². The van der Waals surface area contributed by atoms with Crippen molar-refractivity contribution in [2.24, 2.45) is 0 Å². The number of allylic oxidation sites excluding steroid dienone is 1. The summed E-state index contributed by atoms with van der Waals surface area (Å²) in [5, 5.41) is 14.7. The highest BCUT2D eigenvalue weighted by atomic mass is 16.6. The largest absolute Gasteiger partial charge is 0.434 e. The molecule has 0 fully saturated rings. The van der Waals surface area contributed by atoms with Gasteiger partial charge in [0.1, 0.15) is 12.1 Å². The number of hydrogen-bond acceptors (Lipinski definition) is 6. The van der Waals surface area contributed by atoms with Crippen LogP contribution in [0, 0.1) is 24.0 Å². The van der Waals surface area contributed by atoms with Crippen molar-refractivity contribution in [1.29, 1.82) is 0 Å². The van der Waals surface area contributed by atoms with E-state index in [0.717, 1.165) is 30.4 Å². The van der Waals surface area contributed by atoms with Crippen LogP contribution in [0.1, 0.15) is 43.2 Å². The highest BCUT2D eigenvalue weighted by Gasteiger charge is 2.25. The first-order valence-corrected chi connectivity index (χ1v) is 9.21. The second-order valence-electron chi connectivity index (χ2n) is 6.77. The lowest BCUT2D eigenvalue weighted by molar-refractivity contribution is -0.385. The molecule has 1 aromatic carbocycles. The number of rotatable bonds is 7. The minimum Gasteiger partial charge on any atom is -0.434 e. The summed E-state index contributed by atoms with van der Waals surface area (Å²) in [7, 11) is 0. The highest BCUT2D eigenvalue weighted by molar-refractivity contribution is 5.61. The van der Waals surface area contributed by atoms with Gasteiger partial charge in [0.05, 0.1) is 4.92 Å². The Bertz CT molecular complexity index is 864. The molecular formula is C20H24N4O3. The van der Waals surface area contributed by atoms with Crippen LogP contribution in [0.5, 0.6) is 11.6 Å². The number of ether oxygens (including phenoxy) is 1. The van der Waals surface area contributed by atoms with E-state index in [1.54, 1.807) is 6.07 Å². The number of anilines is 1. The Balaban J connectivity index is 1.76. The standard InChI is InChI=1S/C20H24N4O3/c1-14-8-9-17(12-15(14)2)27-20-18(24(25)26)19(22-13-23-20)21-11-10-16-6-4-3-5-7-16/h6,8-9,12-13H,3-5,7,10-11H2,1-2H3,(H,21,22,23). The van der Waals surface area contributed by atoms with Crippen LogP contribution in [0.2, 0.25) is 0 Å². The van der Waals surface area contributed by atoms with Gasteiger partial charge in [-0.05, 0) is 69.2 Å². The summed E-state index contributed by atoms with van der Waals surface area (Å²) in [6.45, 7) is 4.55. The third-order valence-corrected chi connectivity index (χ3v) is 4.79. The van der Waals surface area contributed by atoms with Gasteiger partial charge in [0.2, 0.25) is 5.82 Å². The molecule has 3 rings (SSSR count). The van der Waals surface area contributed by atoms with Gasteiger partial charge in [0.15, 0.2) is 0 Å². The third-order valence-electron chi connectivity index (χ3n) is 4.79. The predicted molar refractivity (Wildman–Crippen MR) is 104 cm³/mol. The van der Waals surface area contributed by atoms with E-state index in [1.807, 2.05) is 26.0 Å². The minimum absolute atomic E-state index is 0.0577. The van der Waals surface area contributed by atoms with Crippen LogP contribution in [0.3, 0.4) is 0 Å². The van der Waals surface area contributed by atoms with E-state index in [9.17, 15) is 10.1 Å². The number of benzene rings is 1. The predicted octanol–water partition coefficient (Wildman–Crippen LogP) is 5.10. The van der Waals surface area contributed by atoms with E-state index in [0.29, 0.717) is 12.3 Å². The molecule has 0 aliphatic heterocycles. The van der Waals surface area contributed by atoms with Crippen molar-refractivity contribution in [3.8, 4) is 11.6 Å². The van der Waals surface area contributed by atoms with Crippen LogP contribution in [-0.2, 0) is 0 Å². The van der Waals surface area contributed by atoms with Crippen molar-refractivity contribution in [3.63, 3.8) is 0 Å². The molecule has 0 radical (unpaired) electrons. The molecule has 0 unspecified atom stereocenters. The average Bonchev–Trinajstić information content (AvgIpc) is 2.65. The second kappa shape index (κ2) is 8.62. The number of hydrogen-bond donors (Lipinski definition) is 1. The number of nitrogens with one attached hydrogen (secondary N) is 1. The number of aryl methyl sites for hydroxylation is 2. The molecule has 0 bridgehead atoms. The van der Waals surface area contributed by atoms with Crippen molar-refractivity contribution in [3.05, 3.63) is 57.4 Å². The van der Waals surface area contributed by atoms with Gasteiger partial charge in [-0.2, -0.15) is 4.98 Å². The fraction of sp³-hybridized carbons (Fsp3) is 0.400. The Morgan fingerprint density at radius 3 is 2.78 bits per heavy atom. The molecule has 0 atom stereocenters. The molecule has 0 spiro atoms. The van der Waals surface area contributed by atoms with Gasteiger partial charge in [0, 0.05) is 6.54 Å². The third kappa shape index (κ3) is 4.81. The Labute approximate surface area is 158 Å². The first-order valence-electron chi connectivity index (χ1n) is 9.21. The summed E-state index contributed by atoms with van der Waals surface area (Å²) < 4.78 is 5.70. The molecule has 1 aromatic heterocycles. The summed E-state index contributed by atoms with van der Waals surface area (Å²) in [5.74, 6) is 0.640. The Hall–Kier alpha value is -2.96. The summed E-state index contributed by atoms with van der Waals surface area (Å²) in [6, 6.07) is 5.52. The molecule has 1 N–H and O–H groups in total. The van der Waals surface area contributed by atoms with Crippen molar-refractivity contribution < 1.29 is 9.66 Å². The van der Waals surface area contributed by atoms with Gasteiger partial charge < -0.3 is 10.1 Å². The molecule has 1 aliphatic rings. The average molecular weight is 368 g/mol. The quantitative estimate of drug-likeness (QED) is 0.415. The first-order chi connectivity index (χ1) is 13.0. The van der Waals surface area contributed by atoms with Crippen molar-refractivity contribution in [2.75, 3.05) is 11.9 Å². The Morgan fingerprint density at radius 2 is 2.07 bits per heavy atom. The zero-order valence-electron chi connectivity index (χ0n) is 15.7. The summed E-state index contributed by atoms with van der Waals surface area (Å²) >= 11 is 0. The molecule has 1 heterocycles. The first kappa shape index (κ1) is 18.8. The van der Waals surface area contributed by atoms with Crippen molar-refractivity contribution >= 4 is 11.5 Å². The molecular weight excluding hydrogens is 344 g/mol. The molecule has 7 nitrogen and oxygen atoms in total. The summed E-state index contributed by atoms with van der Waals surface area (Å²) in [4.78, 5) is 19.1. The number of aromatic nitrogens is 2. The van der Waals surface area contributed by atoms with Crippen molar-refractivity contribution in [1.82, 2.24) is 9.97 Å². The minimum atomic E-state index is -0.501. The Morgan fingerprint density at radius 1 is 1.22 bits per heavy atom. The van der Waals surface area contributed by atoms with Gasteiger partial charge in [-0.1, -0.05) is 17.7 Å². The Kier molecular flexibility index (Phi) is 6.01.